The normalized spacial score (nSPS) is 16.5. The average molecular weight is 722 g/mol. The quantitative estimate of drug-likeness (QED) is 0.0790. The highest BCUT2D eigenvalue weighted by atomic mass is 16.4. The summed E-state index contributed by atoms with van der Waals surface area (Å²) in [4.78, 5) is 75.3. The average Bonchev–Trinajstić information content (AvgIpc) is 3.93. The number of aliphatic hydroxyl groups excluding tert-OH is 1. The van der Waals surface area contributed by atoms with Crippen LogP contribution in [0.25, 0.3) is 21.8 Å². The van der Waals surface area contributed by atoms with Crippen LogP contribution in [0.4, 0.5) is 0 Å². The molecule has 14 heteroatoms. The molecule has 4 amide bonds. The van der Waals surface area contributed by atoms with Crippen molar-refractivity contribution in [2.45, 2.75) is 62.3 Å². The number of aliphatic carboxylic acids is 1. The summed E-state index contributed by atoms with van der Waals surface area (Å²) < 4.78 is 0. The van der Waals surface area contributed by atoms with Crippen LogP contribution in [0.2, 0.25) is 0 Å². The molecule has 1 aliphatic rings. The van der Waals surface area contributed by atoms with E-state index in [1.807, 2.05) is 54.6 Å². The highest BCUT2D eigenvalue weighted by Crippen LogP contribution is 2.24. The van der Waals surface area contributed by atoms with Gasteiger partial charge in [-0.15, -0.1) is 0 Å². The number of aromatic amines is 2. The molecule has 5 atom stereocenters. The summed E-state index contributed by atoms with van der Waals surface area (Å²) in [6, 6.07) is 18.1. The lowest BCUT2D eigenvalue weighted by atomic mass is 10.0. The number of carbonyl (C=O) groups excluding carboxylic acids is 4. The zero-order valence-electron chi connectivity index (χ0n) is 29.0. The van der Waals surface area contributed by atoms with E-state index < -0.39 is 66.4 Å². The van der Waals surface area contributed by atoms with Gasteiger partial charge in [-0.3, -0.25) is 19.2 Å². The summed E-state index contributed by atoms with van der Waals surface area (Å²) in [6.07, 6.45) is 4.46. The minimum atomic E-state index is -1.28. The largest absolute Gasteiger partial charge is 0.480 e. The number of hydrogen-bond donors (Lipinski definition) is 8. The number of carbonyl (C=O) groups is 5. The number of nitrogens with zero attached hydrogens (tertiary/aromatic N) is 1. The van der Waals surface area contributed by atoms with Crippen molar-refractivity contribution in [1.29, 1.82) is 0 Å². The lowest BCUT2D eigenvalue weighted by molar-refractivity contribution is -0.145. The van der Waals surface area contributed by atoms with Crippen molar-refractivity contribution in [2.24, 2.45) is 5.73 Å². The number of fused-ring (bicyclic) bond motifs is 2. The second kappa shape index (κ2) is 16.6. The molecule has 2 aromatic heterocycles. The third-order valence-electron chi connectivity index (χ3n) is 9.71. The zero-order chi connectivity index (χ0) is 37.5. The number of carboxylic acids is 1. The topological polar surface area (TPSA) is 223 Å². The predicted octanol–water partition coefficient (Wildman–Crippen LogP) is 1.53. The Morgan fingerprint density at radius 1 is 0.736 bits per heavy atom. The first-order chi connectivity index (χ1) is 25.6. The third-order valence-corrected chi connectivity index (χ3v) is 9.71. The summed E-state index contributed by atoms with van der Waals surface area (Å²) in [5.41, 5.74) is 9.68. The number of nitrogens with two attached hydrogens (primary N) is 1. The summed E-state index contributed by atoms with van der Waals surface area (Å²) in [5, 5.41) is 29.3. The number of rotatable bonds is 15. The highest BCUT2D eigenvalue weighted by Gasteiger charge is 2.40. The Labute approximate surface area is 305 Å². The monoisotopic (exact) mass is 721 g/mol. The second-order valence-electron chi connectivity index (χ2n) is 13.3. The minimum Gasteiger partial charge on any atom is -0.480 e. The van der Waals surface area contributed by atoms with Crippen LogP contribution in [0.15, 0.2) is 91.3 Å². The molecule has 3 aromatic carbocycles. The molecular weight excluding hydrogens is 678 g/mol. The molecule has 0 radical (unpaired) electrons. The van der Waals surface area contributed by atoms with Crippen LogP contribution >= 0.6 is 0 Å². The van der Waals surface area contributed by atoms with Crippen molar-refractivity contribution < 1.29 is 34.2 Å². The van der Waals surface area contributed by atoms with Crippen molar-refractivity contribution in [2.75, 3.05) is 13.2 Å². The maximum atomic E-state index is 14.5. The molecule has 0 aliphatic carbocycles. The molecule has 276 valence electrons. The SMILES string of the molecule is N[C@@H](CO)C(=O)N[C@@H](Cc1c[nH]c2ccccc12)C(=O)N[C@@H](Cc1c[nH]c2ccccc12)C(=O)N1CCC[C@H]1C(=O)N[C@@H](Cc1ccccc1)C(=O)O. The Kier molecular flexibility index (Phi) is 11.5. The maximum absolute atomic E-state index is 14.5. The Balaban J connectivity index is 1.27. The fraction of sp³-hybridized carbons (Fsp3) is 0.308. The molecule has 6 rings (SSSR count). The number of carboxylic acid groups (broad SMARTS) is 1. The number of H-pyrrole nitrogens is 2. The van der Waals surface area contributed by atoms with Gasteiger partial charge in [-0.1, -0.05) is 66.7 Å². The molecule has 0 unspecified atom stereocenters. The van der Waals surface area contributed by atoms with E-state index >= 15 is 0 Å². The van der Waals surface area contributed by atoms with E-state index in [0.29, 0.717) is 12.8 Å². The summed E-state index contributed by atoms with van der Waals surface area (Å²) >= 11 is 0. The van der Waals surface area contributed by atoms with E-state index in [1.54, 1.807) is 36.7 Å². The van der Waals surface area contributed by atoms with Crippen LogP contribution in [0.3, 0.4) is 0 Å². The van der Waals surface area contributed by atoms with Gasteiger partial charge in [0.15, 0.2) is 0 Å². The molecule has 3 heterocycles. The molecule has 0 saturated carbocycles. The molecule has 1 aliphatic heterocycles. The summed E-state index contributed by atoms with van der Waals surface area (Å²) in [6.45, 7) is -0.421. The Morgan fingerprint density at radius 3 is 1.91 bits per heavy atom. The predicted molar refractivity (Wildman–Crippen MR) is 197 cm³/mol. The number of likely N-dealkylation sites (tertiary alicyclic amines) is 1. The molecule has 0 spiro atoms. The molecule has 9 N–H and O–H groups in total. The van der Waals surface area contributed by atoms with Crippen molar-refractivity contribution in [3.05, 3.63) is 108 Å². The van der Waals surface area contributed by atoms with Gasteiger partial charge in [0, 0.05) is 60.0 Å². The number of benzene rings is 3. The number of amides is 4. The Morgan fingerprint density at radius 2 is 1.30 bits per heavy atom. The van der Waals surface area contributed by atoms with Gasteiger partial charge in [0.05, 0.1) is 6.61 Å². The van der Waals surface area contributed by atoms with Gasteiger partial charge in [0.25, 0.3) is 0 Å². The van der Waals surface area contributed by atoms with Crippen LogP contribution in [0, 0.1) is 0 Å². The lowest BCUT2D eigenvalue weighted by Gasteiger charge is -2.30. The van der Waals surface area contributed by atoms with E-state index in [0.717, 1.165) is 38.5 Å². The van der Waals surface area contributed by atoms with Gasteiger partial charge < -0.3 is 46.8 Å². The number of aliphatic hydroxyl groups is 1. The Hall–Kier alpha value is -5.99. The number of hydrogen-bond acceptors (Lipinski definition) is 7. The van der Waals surface area contributed by atoms with E-state index in [1.165, 1.54) is 4.90 Å². The molecule has 14 nitrogen and oxygen atoms in total. The fourth-order valence-corrected chi connectivity index (χ4v) is 6.91. The fourth-order valence-electron chi connectivity index (χ4n) is 6.91. The van der Waals surface area contributed by atoms with E-state index in [9.17, 15) is 34.2 Å². The zero-order valence-corrected chi connectivity index (χ0v) is 29.0. The molecule has 1 saturated heterocycles. The van der Waals surface area contributed by atoms with Crippen LogP contribution in [-0.4, -0.2) is 98.0 Å². The first-order valence-electron chi connectivity index (χ1n) is 17.6. The maximum Gasteiger partial charge on any atom is 0.326 e. The van der Waals surface area contributed by atoms with E-state index in [-0.39, 0.29) is 25.8 Å². The molecular formula is C39H43N7O7. The number of nitrogens with one attached hydrogen (secondary N) is 5. The van der Waals surface area contributed by atoms with Crippen LogP contribution in [0.1, 0.15) is 29.5 Å². The molecule has 53 heavy (non-hydrogen) atoms. The first-order valence-corrected chi connectivity index (χ1v) is 17.6. The van der Waals surface area contributed by atoms with Crippen LogP contribution in [0.5, 0.6) is 0 Å². The third kappa shape index (κ3) is 8.56. The number of para-hydroxylation sites is 2. The van der Waals surface area contributed by atoms with E-state index in [4.69, 9.17) is 5.73 Å². The highest BCUT2D eigenvalue weighted by molar-refractivity contribution is 5.97. The van der Waals surface area contributed by atoms with Gasteiger partial charge in [-0.05, 0) is 41.7 Å². The van der Waals surface area contributed by atoms with Crippen LogP contribution < -0.4 is 21.7 Å². The summed E-state index contributed by atoms with van der Waals surface area (Å²) in [5.74, 6) is -3.74. The summed E-state index contributed by atoms with van der Waals surface area (Å²) in [7, 11) is 0. The van der Waals surface area contributed by atoms with Gasteiger partial charge in [-0.2, -0.15) is 0 Å². The van der Waals surface area contributed by atoms with Gasteiger partial charge in [-0.25, -0.2) is 4.79 Å². The lowest BCUT2D eigenvalue weighted by Crippen LogP contribution is -2.59. The van der Waals surface area contributed by atoms with Crippen molar-refractivity contribution >= 4 is 51.4 Å². The van der Waals surface area contributed by atoms with Gasteiger partial charge in [0.2, 0.25) is 23.6 Å². The molecule has 5 aromatic rings. The number of aromatic nitrogens is 2. The van der Waals surface area contributed by atoms with Crippen molar-refractivity contribution in [3.63, 3.8) is 0 Å². The van der Waals surface area contributed by atoms with Gasteiger partial charge >= 0.3 is 5.97 Å². The standard InChI is InChI=1S/C39H43N7O7/c40-28(22-47)35(48)43-31(18-24-20-41-29-13-6-4-11-26(24)29)36(49)44-32(19-25-21-42-30-14-7-5-12-27(25)30)38(51)46-16-8-15-34(46)37(50)45-33(39(52)53)17-23-9-2-1-3-10-23/h1-7,9-14,20-21,28,31-34,41-42,47H,8,15-19,22,40H2,(H,43,48)(H,44,49)(H,45,50)(H,52,53)/t28-,31-,32-,33-,34-/m0/s1. The first kappa shape index (κ1) is 36.8. The van der Waals surface area contributed by atoms with Crippen molar-refractivity contribution in [1.82, 2.24) is 30.8 Å². The minimum absolute atomic E-state index is 0.0421. The van der Waals surface area contributed by atoms with Crippen LogP contribution in [-0.2, 0) is 43.2 Å². The van der Waals surface area contributed by atoms with E-state index in [2.05, 4.69) is 25.9 Å². The molecule has 1 fully saturated rings. The van der Waals surface area contributed by atoms with Gasteiger partial charge in [0.1, 0.15) is 30.2 Å². The second-order valence-corrected chi connectivity index (χ2v) is 13.3. The smallest absolute Gasteiger partial charge is 0.326 e. The molecule has 0 bridgehead atoms. The van der Waals surface area contributed by atoms with Crippen molar-refractivity contribution in [3.8, 4) is 0 Å². The Bertz CT molecular complexity index is 2100.